The molecule has 1 aliphatic carbocycles. The highest BCUT2D eigenvalue weighted by Gasteiger charge is 2.28. The standard InChI is InChI=1S/C15H30N2O2/c1-14(2,3)12(16-9-11-7-8-11)10-17-13(18)19-15(4,5)6/h11-12,16H,7-10H2,1-6H3,(H,17,18)/t12-/m0/s1. The van der Waals surface area contributed by atoms with Gasteiger partial charge in [-0.25, -0.2) is 4.79 Å². The summed E-state index contributed by atoms with van der Waals surface area (Å²) in [7, 11) is 0. The van der Waals surface area contributed by atoms with Crippen LogP contribution >= 0.6 is 0 Å². The molecule has 4 nitrogen and oxygen atoms in total. The first-order chi connectivity index (χ1) is 8.58. The molecule has 0 aliphatic heterocycles. The summed E-state index contributed by atoms with van der Waals surface area (Å²) in [6.07, 6.45) is 2.34. The summed E-state index contributed by atoms with van der Waals surface area (Å²) in [6, 6.07) is 0.264. The van der Waals surface area contributed by atoms with E-state index in [1.54, 1.807) is 0 Å². The average Bonchev–Trinajstić information content (AvgIpc) is 2.96. The fourth-order valence-electron chi connectivity index (χ4n) is 1.82. The van der Waals surface area contributed by atoms with Gasteiger partial charge in [0.2, 0.25) is 0 Å². The van der Waals surface area contributed by atoms with Gasteiger partial charge in [-0.15, -0.1) is 0 Å². The third-order valence-electron chi connectivity index (χ3n) is 3.24. The highest BCUT2D eigenvalue weighted by Crippen LogP contribution is 2.28. The molecular weight excluding hydrogens is 240 g/mol. The predicted molar refractivity (Wildman–Crippen MR) is 78.2 cm³/mol. The molecule has 0 radical (unpaired) electrons. The van der Waals surface area contributed by atoms with E-state index < -0.39 is 5.60 Å². The van der Waals surface area contributed by atoms with Gasteiger partial charge in [-0.3, -0.25) is 0 Å². The lowest BCUT2D eigenvalue weighted by Gasteiger charge is -2.32. The smallest absolute Gasteiger partial charge is 0.407 e. The minimum atomic E-state index is -0.442. The summed E-state index contributed by atoms with van der Waals surface area (Å²) >= 11 is 0. The van der Waals surface area contributed by atoms with Gasteiger partial charge in [-0.1, -0.05) is 20.8 Å². The lowest BCUT2D eigenvalue weighted by molar-refractivity contribution is 0.0513. The second-order valence-electron chi connectivity index (χ2n) is 7.65. The second kappa shape index (κ2) is 6.12. The molecule has 1 atom stereocenters. The number of rotatable bonds is 5. The molecule has 0 bridgehead atoms. The molecule has 1 fully saturated rings. The molecule has 1 saturated carbocycles. The number of carbonyl (C=O) groups is 1. The van der Waals surface area contributed by atoms with E-state index in [0.29, 0.717) is 6.54 Å². The molecule has 0 saturated heterocycles. The minimum absolute atomic E-state index is 0.115. The van der Waals surface area contributed by atoms with Crippen LogP contribution in [0, 0.1) is 11.3 Å². The third-order valence-corrected chi connectivity index (χ3v) is 3.24. The molecule has 0 aromatic carbocycles. The van der Waals surface area contributed by atoms with E-state index >= 15 is 0 Å². The lowest BCUT2D eigenvalue weighted by Crippen LogP contribution is -2.49. The van der Waals surface area contributed by atoms with E-state index in [2.05, 4.69) is 31.4 Å². The van der Waals surface area contributed by atoms with Crippen LogP contribution in [-0.2, 0) is 4.74 Å². The van der Waals surface area contributed by atoms with Crippen LogP contribution in [0.25, 0.3) is 0 Å². The first-order valence-electron chi connectivity index (χ1n) is 7.28. The van der Waals surface area contributed by atoms with Crippen LogP contribution in [0.2, 0.25) is 0 Å². The minimum Gasteiger partial charge on any atom is -0.444 e. The summed E-state index contributed by atoms with van der Waals surface area (Å²) < 4.78 is 5.26. The topological polar surface area (TPSA) is 50.4 Å². The first-order valence-corrected chi connectivity index (χ1v) is 7.28. The maximum atomic E-state index is 11.7. The van der Waals surface area contributed by atoms with E-state index in [1.165, 1.54) is 12.8 Å². The van der Waals surface area contributed by atoms with Gasteiger partial charge in [-0.2, -0.15) is 0 Å². The van der Waals surface area contributed by atoms with E-state index in [4.69, 9.17) is 4.74 Å². The average molecular weight is 270 g/mol. The summed E-state index contributed by atoms with van der Waals surface area (Å²) in [5.74, 6) is 0.839. The fourth-order valence-corrected chi connectivity index (χ4v) is 1.82. The first kappa shape index (κ1) is 16.3. The van der Waals surface area contributed by atoms with Gasteiger partial charge in [0.05, 0.1) is 0 Å². The molecule has 1 aliphatic rings. The Balaban J connectivity index is 2.36. The normalized spacial score (nSPS) is 18.0. The molecule has 0 unspecified atom stereocenters. The molecule has 4 heteroatoms. The molecule has 19 heavy (non-hydrogen) atoms. The number of nitrogens with one attached hydrogen (secondary N) is 2. The molecular formula is C15H30N2O2. The molecule has 0 aromatic rings. The van der Waals surface area contributed by atoms with Crippen LogP contribution in [-0.4, -0.2) is 30.8 Å². The SMILES string of the molecule is CC(C)(C)OC(=O)NC[C@H](NCC1CC1)C(C)(C)C. The summed E-state index contributed by atoms with van der Waals surface area (Å²) in [4.78, 5) is 11.7. The summed E-state index contributed by atoms with van der Waals surface area (Å²) in [5.41, 5.74) is -0.327. The molecule has 1 amide bonds. The van der Waals surface area contributed by atoms with Crippen molar-refractivity contribution in [3.63, 3.8) is 0 Å². The van der Waals surface area contributed by atoms with Crippen molar-refractivity contribution < 1.29 is 9.53 Å². The van der Waals surface area contributed by atoms with Crippen molar-refractivity contribution in [2.45, 2.75) is 66.0 Å². The van der Waals surface area contributed by atoms with Crippen molar-refractivity contribution in [1.29, 1.82) is 0 Å². The Labute approximate surface area is 117 Å². The Kier molecular flexibility index (Phi) is 5.25. The highest BCUT2D eigenvalue weighted by atomic mass is 16.6. The fraction of sp³-hybridized carbons (Fsp3) is 0.933. The monoisotopic (exact) mass is 270 g/mol. The molecule has 112 valence electrons. The van der Waals surface area contributed by atoms with Gasteiger partial charge < -0.3 is 15.4 Å². The quantitative estimate of drug-likeness (QED) is 0.807. The van der Waals surface area contributed by atoms with Crippen molar-refractivity contribution in [1.82, 2.24) is 10.6 Å². The van der Waals surface area contributed by atoms with E-state index in [1.807, 2.05) is 20.8 Å². The lowest BCUT2D eigenvalue weighted by atomic mass is 9.86. The third kappa shape index (κ3) is 7.41. The Morgan fingerprint density at radius 1 is 1.21 bits per heavy atom. The van der Waals surface area contributed by atoms with Crippen molar-refractivity contribution in [3.8, 4) is 0 Å². The van der Waals surface area contributed by atoms with Crippen LogP contribution in [0.4, 0.5) is 4.79 Å². The van der Waals surface area contributed by atoms with Gasteiger partial charge in [0.25, 0.3) is 0 Å². The summed E-state index contributed by atoms with van der Waals surface area (Å²) in [6.45, 7) is 13.8. The van der Waals surface area contributed by atoms with Crippen molar-refractivity contribution >= 4 is 6.09 Å². The van der Waals surface area contributed by atoms with Gasteiger partial charge in [-0.05, 0) is 51.5 Å². The molecule has 1 rings (SSSR count). The number of carbonyl (C=O) groups excluding carboxylic acids is 1. The molecule has 0 heterocycles. The van der Waals surface area contributed by atoms with Crippen LogP contribution < -0.4 is 10.6 Å². The van der Waals surface area contributed by atoms with Gasteiger partial charge in [0.1, 0.15) is 5.60 Å². The maximum Gasteiger partial charge on any atom is 0.407 e. The van der Waals surface area contributed by atoms with Crippen LogP contribution in [0.5, 0.6) is 0 Å². The summed E-state index contributed by atoms with van der Waals surface area (Å²) in [5, 5.41) is 6.44. The maximum absolute atomic E-state index is 11.7. The largest absolute Gasteiger partial charge is 0.444 e. The van der Waals surface area contributed by atoms with Crippen LogP contribution in [0.1, 0.15) is 54.4 Å². The number of ether oxygens (including phenoxy) is 1. The Morgan fingerprint density at radius 3 is 2.21 bits per heavy atom. The Morgan fingerprint density at radius 2 is 1.79 bits per heavy atom. The predicted octanol–water partition coefficient (Wildman–Crippen LogP) is 2.93. The van der Waals surface area contributed by atoms with Gasteiger partial charge in [0.15, 0.2) is 0 Å². The number of alkyl carbamates (subject to hydrolysis) is 1. The number of hydrogen-bond donors (Lipinski definition) is 2. The van der Waals surface area contributed by atoms with Gasteiger partial charge in [0, 0.05) is 12.6 Å². The van der Waals surface area contributed by atoms with E-state index in [9.17, 15) is 4.79 Å². The molecule has 2 N–H and O–H groups in total. The van der Waals surface area contributed by atoms with Gasteiger partial charge >= 0.3 is 6.09 Å². The van der Waals surface area contributed by atoms with Crippen LogP contribution in [0.15, 0.2) is 0 Å². The number of hydrogen-bond acceptors (Lipinski definition) is 3. The Hall–Kier alpha value is -0.770. The number of amides is 1. The van der Waals surface area contributed by atoms with E-state index in [0.717, 1.165) is 12.5 Å². The zero-order chi connectivity index (χ0) is 14.7. The van der Waals surface area contributed by atoms with Crippen molar-refractivity contribution in [3.05, 3.63) is 0 Å². The van der Waals surface area contributed by atoms with E-state index in [-0.39, 0.29) is 17.6 Å². The van der Waals surface area contributed by atoms with Crippen molar-refractivity contribution in [2.24, 2.45) is 11.3 Å². The highest BCUT2D eigenvalue weighted by molar-refractivity contribution is 5.67. The van der Waals surface area contributed by atoms with Crippen LogP contribution in [0.3, 0.4) is 0 Å². The second-order valence-corrected chi connectivity index (χ2v) is 7.65. The van der Waals surface area contributed by atoms with Crippen molar-refractivity contribution in [2.75, 3.05) is 13.1 Å². The zero-order valence-electron chi connectivity index (χ0n) is 13.3. The molecule has 0 spiro atoms. The Bertz CT molecular complexity index is 298. The molecule has 0 aromatic heterocycles. The zero-order valence-corrected chi connectivity index (χ0v) is 13.3.